The number of carbonyl (C=O) groups excluding carboxylic acids is 1. The lowest BCUT2D eigenvalue weighted by molar-refractivity contribution is 0.0526. The van der Waals surface area contributed by atoms with E-state index in [0.717, 1.165) is 0 Å². The zero-order valence-corrected chi connectivity index (χ0v) is 13.9. The molecule has 0 saturated heterocycles. The molecule has 2 N–H and O–H groups in total. The van der Waals surface area contributed by atoms with Gasteiger partial charge >= 0.3 is 5.97 Å². The van der Waals surface area contributed by atoms with Gasteiger partial charge in [0.25, 0.3) is 0 Å². The summed E-state index contributed by atoms with van der Waals surface area (Å²) in [5.74, 6) is 0.861. The van der Waals surface area contributed by atoms with Crippen LogP contribution in [0.15, 0.2) is 35.6 Å². The number of hydrogen-bond acceptors (Lipinski definition) is 8. The molecule has 1 heterocycles. The van der Waals surface area contributed by atoms with Gasteiger partial charge in [-0.2, -0.15) is 5.26 Å². The third-order valence-corrected chi connectivity index (χ3v) is 3.68. The number of nitrogen functional groups attached to an aromatic ring is 1. The van der Waals surface area contributed by atoms with Gasteiger partial charge in [0.1, 0.15) is 17.1 Å². The second-order valence-electron chi connectivity index (χ2n) is 4.51. The van der Waals surface area contributed by atoms with Crippen molar-refractivity contribution >= 4 is 23.5 Å². The van der Waals surface area contributed by atoms with Crippen LogP contribution >= 0.6 is 11.8 Å². The molecule has 0 aliphatic heterocycles. The van der Waals surface area contributed by atoms with E-state index < -0.39 is 5.97 Å². The first kappa shape index (κ1) is 17.6. The third-order valence-electron chi connectivity index (χ3n) is 2.86. The minimum absolute atomic E-state index is 0.0963. The zero-order valence-electron chi connectivity index (χ0n) is 13.1. The minimum Gasteiger partial charge on any atom is -0.493 e. The normalized spacial score (nSPS) is 10.0. The van der Waals surface area contributed by atoms with E-state index >= 15 is 0 Å². The highest BCUT2D eigenvalue weighted by Crippen LogP contribution is 2.18. The van der Waals surface area contributed by atoms with Gasteiger partial charge in [-0.05, 0) is 31.2 Å². The van der Waals surface area contributed by atoms with E-state index in [9.17, 15) is 4.79 Å². The average molecular weight is 344 g/mol. The Hall–Kier alpha value is -2.79. The van der Waals surface area contributed by atoms with Crippen LogP contribution in [0.25, 0.3) is 0 Å². The molecular weight excluding hydrogens is 328 g/mol. The summed E-state index contributed by atoms with van der Waals surface area (Å²) in [6, 6.07) is 8.92. The van der Waals surface area contributed by atoms with Crippen molar-refractivity contribution in [2.24, 2.45) is 0 Å². The molecule has 1 aromatic carbocycles. The lowest BCUT2D eigenvalue weighted by Gasteiger charge is -2.07. The van der Waals surface area contributed by atoms with Crippen molar-refractivity contribution in [3.8, 4) is 11.8 Å². The van der Waals surface area contributed by atoms with Gasteiger partial charge in [0.15, 0.2) is 5.16 Å². The third kappa shape index (κ3) is 4.86. The quantitative estimate of drug-likeness (QED) is 0.352. The molecule has 7 nitrogen and oxygen atoms in total. The topological polar surface area (TPSA) is 111 Å². The summed E-state index contributed by atoms with van der Waals surface area (Å²) in [7, 11) is 0. The Labute approximate surface area is 143 Å². The van der Waals surface area contributed by atoms with E-state index in [1.165, 1.54) is 18.0 Å². The van der Waals surface area contributed by atoms with E-state index in [0.29, 0.717) is 28.8 Å². The number of aromatic nitrogens is 2. The molecule has 0 aliphatic rings. The van der Waals surface area contributed by atoms with E-state index in [-0.39, 0.29) is 18.0 Å². The molecule has 0 radical (unpaired) electrons. The summed E-state index contributed by atoms with van der Waals surface area (Å²) >= 11 is 1.36. The second kappa shape index (κ2) is 8.74. The molecule has 2 aromatic rings. The molecule has 0 amide bonds. The number of nitriles is 1. The Balaban J connectivity index is 1.82. The van der Waals surface area contributed by atoms with Gasteiger partial charge in [0.05, 0.1) is 24.8 Å². The van der Waals surface area contributed by atoms with Crippen LogP contribution in [0, 0.1) is 11.3 Å². The number of esters is 1. The van der Waals surface area contributed by atoms with Crippen molar-refractivity contribution in [3.05, 3.63) is 41.6 Å². The van der Waals surface area contributed by atoms with Gasteiger partial charge < -0.3 is 15.2 Å². The summed E-state index contributed by atoms with van der Waals surface area (Å²) in [6.45, 7) is 2.42. The van der Waals surface area contributed by atoms with Gasteiger partial charge in [-0.15, -0.1) is 0 Å². The van der Waals surface area contributed by atoms with E-state index in [1.54, 1.807) is 31.2 Å². The first-order chi connectivity index (χ1) is 11.6. The van der Waals surface area contributed by atoms with Crippen LogP contribution in [0.1, 0.15) is 22.8 Å². The maximum Gasteiger partial charge on any atom is 0.343 e. The Kier molecular flexibility index (Phi) is 6.40. The first-order valence-corrected chi connectivity index (χ1v) is 8.18. The minimum atomic E-state index is -0.532. The van der Waals surface area contributed by atoms with Crippen molar-refractivity contribution in [2.75, 3.05) is 24.7 Å². The largest absolute Gasteiger partial charge is 0.493 e. The summed E-state index contributed by atoms with van der Waals surface area (Å²) in [5, 5.41) is 9.19. The fraction of sp³-hybridized carbons (Fsp3) is 0.250. The van der Waals surface area contributed by atoms with Gasteiger partial charge in [-0.3, -0.25) is 0 Å². The smallest absolute Gasteiger partial charge is 0.343 e. The molecule has 0 bridgehead atoms. The van der Waals surface area contributed by atoms with Gasteiger partial charge in [-0.25, -0.2) is 14.8 Å². The van der Waals surface area contributed by atoms with Crippen LogP contribution in [0.5, 0.6) is 5.75 Å². The van der Waals surface area contributed by atoms with Gasteiger partial charge in [0.2, 0.25) is 0 Å². The molecule has 2 rings (SSSR count). The maximum atomic E-state index is 11.6. The Morgan fingerprint density at radius 1 is 1.38 bits per heavy atom. The van der Waals surface area contributed by atoms with Crippen molar-refractivity contribution < 1.29 is 14.3 Å². The van der Waals surface area contributed by atoms with Crippen LogP contribution in [0.4, 0.5) is 5.82 Å². The van der Waals surface area contributed by atoms with Crippen LogP contribution < -0.4 is 10.5 Å². The molecule has 0 spiro atoms. The molecular formula is C16H16N4O3S. The van der Waals surface area contributed by atoms with Crippen molar-refractivity contribution in [1.82, 2.24) is 9.97 Å². The molecule has 1 aromatic heterocycles. The highest BCUT2D eigenvalue weighted by atomic mass is 32.2. The van der Waals surface area contributed by atoms with Crippen molar-refractivity contribution in [1.29, 1.82) is 5.26 Å². The van der Waals surface area contributed by atoms with Crippen molar-refractivity contribution in [3.63, 3.8) is 0 Å². The highest BCUT2D eigenvalue weighted by molar-refractivity contribution is 7.99. The molecule has 0 atom stereocenters. The number of hydrogen-bond donors (Lipinski definition) is 1. The SMILES string of the molecule is CCOC(=O)c1cnc(SCCOc2ccc(C#N)cc2)nc1N. The Bertz CT molecular complexity index is 744. The fourth-order valence-electron chi connectivity index (χ4n) is 1.73. The second-order valence-corrected chi connectivity index (χ2v) is 5.57. The average Bonchev–Trinajstić information content (AvgIpc) is 2.59. The first-order valence-electron chi connectivity index (χ1n) is 7.19. The van der Waals surface area contributed by atoms with Crippen LogP contribution in [0.3, 0.4) is 0 Å². The zero-order chi connectivity index (χ0) is 17.4. The molecule has 0 aliphatic carbocycles. The number of nitrogens with zero attached hydrogens (tertiary/aromatic N) is 3. The van der Waals surface area contributed by atoms with Gasteiger partial charge in [-0.1, -0.05) is 11.8 Å². The van der Waals surface area contributed by atoms with E-state index in [1.807, 2.05) is 6.07 Å². The number of rotatable bonds is 7. The number of ether oxygens (including phenoxy) is 2. The standard InChI is InChI=1S/C16H16N4O3S/c1-2-22-15(21)13-10-19-16(20-14(13)18)24-8-7-23-12-5-3-11(9-17)4-6-12/h3-6,10H,2,7-8H2,1H3,(H2,18,19,20). The molecule has 0 unspecified atom stereocenters. The highest BCUT2D eigenvalue weighted by Gasteiger charge is 2.13. The Morgan fingerprint density at radius 2 is 2.12 bits per heavy atom. The monoisotopic (exact) mass is 344 g/mol. The fourth-order valence-corrected chi connectivity index (χ4v) is 2.37. The lowest BCUT2D eigenvalue weighted by Crippen LogP contribution is -2.11. The molecule has 8 heteroatoms. The Morgan fingerprint density at radius 3 is 2.75 bits per heavy atom. The van der Waals surface area contributed by atoms with E-state index in [2.05, 4.69) is 9.97 Å². The van der Waals surface area contributed by atoms with Crippen molar-refractivity contribution in [2.45, 2.75) is 12.1 Å². The predicted octanol–water partition coefficient (Wildman–Crippen LogP) is 2.28. The van der Waals surface area contributed by atoms with E-state index in [4.69, 9.17) is 20.5 Å². The predicted molar refractivity (Wildman–Crippen MR) is 89.8 cm³/mol. The number of carbonyl (C=O) groups is 1. The molecule has 0 saturated carbocycles. The molecule has 24 heavy (non-hydrogen) atoms. The maximum absolute atomic E-state index is 11.6. The van der Waals surface area contributed by atoms with Crippen LogP contribution in [0.2, 0.25) is 0 Å². The molecule has 124 valence electrons. The summed E-state index contributed by atoms with van der Waals surface area (Å²) in [6.07, 6.45) is 1.37. The summed E-state index contributed by atoms with van der Waals surface area (Å²) in [5.41, 5.74) is 6.50. The lowest BCUT2D eigenvalue weighted by atomic mass is 10.2. The number of benzene rings is 1. The number of anilines is 1. The number of thioether (sulfide) groups is 1. The number of nitrogens with two attached hydrogens (primary N) is 1. The molecule has 0 fully saturated rings. The van der Waals surface area contributed by atoms with Crippen LogP contribution in [-0.4, -0.2) is 34.9 Å². The van der Waals surface area contributed by atoms with Crippen LogP contribution in [-0.2, 0) is 4.74 Å². The summed E-state index contributed by atoms with van der Waals surface area (Å²) in [4.78, 5) is 19.8. The summed E-state index contributed by atoms with van der Waals surface area (Å²) < 4.78 is 10.4. The van der Waals surface area contributed by atoms with Gasteiger partial charge in [0, 0.05) is 11.9 Å².